The molecule has 3 fully saturated rings. The van der Waals surface area contributed by atoms with E-state index in [4.69, 9.17) is 23.7 Å². The summed E-state index contributed by atoms with van der Waals surface area (Å²) in [5, 5.41) is 60.3. The zero-order valence-corrected chi connectivity index (χ0v) is 18.6. The lowest BCUT2D eigenvalue weighted by molar-refractivity contribution is -0.344. The van der Waals surface area contributed by atoms with E-state index in [0.29, 0.717) is 12.8 Å². The van der Waals surface area contributed by atoms with Crippen molar-refractivity contribution in [1.29, 1.82) is 0 Å². The van der Waals surface area contributed by atoms with E-state index in [-0.39, 0.29) is 13.2 Å². The van der Waals surface area contributed by atoms with Crippen molar-refractivity contribution >= 4 is 0 Å². The van der Waals surface area contributed by atoms with Crippen LogP contribution in [-0.2, 0) is 23.7 Å². The van der Waals surface area contributed by atoms with Crippen molar-refractivity contribution in [1.82, 2.24) is 0 Å². The molecule has 0 aliphatic carbocycles. The molecule has 11 atom stereocenters. The summed E-state index contributed by atoms with van der Waals surface area (Å²) in [7, 11) is 0. The molecular weight excluding hydrogens is 428 g/mol. The van der Waals surface area contributed by atoms with Gasteiger partial charge in [0.1, 0.15) is 42.7 Å². The normalized spacial score (nSPS) is 49.5. The van der Waals surface area contributed by atoms with E-state index in [2.05, 4.69) is 6.58 Å². The summed E-state index contributed by atoms with van der Waals surface area (Å²) >= 11 is 0. The molecule has 0 amide bonds. The van der Waals surface area contributed by atoms with Gasteiger partial charge in [-0.1, -0.05) is 6.08 Å². The highest BCUT2D eigenvalue weighted by atomic mass is 16.7. The standard InChI is InChI=1S/C21H36O11/c1-5-21(4)7-6-12(20(2,3)32-21)31-19-17(27)15(25)14(24)11(30-19)9-29-18-16(26)13(23)10(22)8-28-18/h5,10-19,22-27H,1,6-9H2,2-4H3/t10-,11-,12?,13+,14-,15+,16-,17-,18+,19+,21?/m1/s1. The summed E-state index contributed by atoms with van der Waals surface area (Å²) in [6.07, 6.45) is -9.98. The van der Waals surface area contributed by atoms with Crippen molar-refractivity contribution in [2.45, 2.75) is 106 Å². The van der Waals surface area contributed by atoms with Gasteiger partial charge < -0.3 is 54.3 Å². The highest BCUT2D eigenvalue weighted by Crippen LogP contribution is 2.39. The zero-order valence-electron chi connectivity index (χ0n) is 18.6. The maximum atomic E-state index is 10.4. The summed E-state index contributed by atoms with van der Waals surface area (Å²) < 4.78 is 28.4. The number of aliphatic hydroxyl groups is 6. The van der Waals surface area contributed by atoms with Crippen molar-refractivity contribution < 1.29 is 54.3 Å². The van der Waals surface area contributed by atoms with Crippen LogP contribution in [0.4, 0.5) is 0 Å². The Bertz CT molecular complexity index is 645. The van der Waals surface area contributed by atoms with E-state index in [1.165, 1.54) is 0 Å². The Morgan fingerprint density at radius 2 is 1.59 bits per heavy atom. The molecule has 3 rings (SSSR count). The summed E-state index contributed by atoms with van der Waals surface area (Å²) in [5.41, 5.74) is -1.26. The Morgan fingerprint density at radius 3 is 2.22 bits per heavy atom. The third-order valence-electron chi connectivity index (χ3n) is 6.45. The Hall–Kier alpha value is -0.700. The van der Waals surface area contributed by atoms with Crippen molar-refractivity contribution in [2.24, 2.45) is 0 Å². The van der Waals surface area contributed by atoms with Crippen LogP contribution in [0.15, 0.2) is 12.7 Å². The molecule has 3 aliphatic heterocycles. The van der Waals surface area contributed by atoms with E-state index in [1.807, 2.05) is 20.8 Å². The van der Waals surface area contributed by atoms with E-state index < -0.39 is 72.6 Å². The molecule has 0 aromatic rings. The van der Waals surface area contributed by atoms with Gasteiger partial charge in [0.15, 0.2) is 12.6 Å². The van der Waals surface area contributed by atoms with Gasteiger partial charge in [0, 0.05) is 0 Å². The van der Waals surface area contributed by atoms with Gasteiger partial charge in [-0.2, -0.15) is 0 Å². The highest BCUT2D eigenvalue weighted by Gasteiger charge is 2.50. The Labute approximate surface area is 187 Å². The van der Waals surface area contributed by atoms with Crippen LogP contribution in [0.5, 0.6) is 0 Å². The molecule has 6 N–H and O–H groups in total. The predicted octanol–water partition coefficient (Wildman–Crippen LogP) is -1.83. The summed E-state index contributed by atoms with van der Waals surface area (Å²) in [6, 6.07) is 0. The van der Waals surface area contributed by atoms with Crippen LogP contribution in [0.25, 0.3) is 0 Å². The summed E-state index contributed by atoms with van der Waals surface area (Å²) in [4.78, 5) is 0. The fourth-order valence-corrected chi connectivity index (χ4v) is 4.30. The predicted molar refractivity (Wildman–Crippen MR) is 108 cm³/mol. The van der Waals surface area contributed by atoms with Crippen LogP contribution in [0.2, 0.25) is 0 Å². The molecule has 186 valence electrons. The Kier molecular flexibility index (Phi) is 8.00. The summed E-state index contributed by atoms with van der Waals surface area (Å²) in [6.45, 7) is 8.85. The van der Waals surface area contributed by atoms with Gasteiger partial charge >= 0.3 is 0 Å². The van der Waals surface area contributed by atoms with Crippen molar-refractivity contribution in [3.05, 3.63) is 12.7 Å². The maximum Gasteiger partial charge on any atom is 0.187 e. The first kappa shape index (κ1) is 25.9. The van der Waals surface area contributed by atoms with E-state index in [1.54, 1.807) is 6.08 Å². The molecule has 0 saturated carbocycles. The van der Waals surface area contributed by atoms with Crippen LogP contribution in [0.3, 0.4) is 0 Å². The minimum atomic E-state index is -1.57. The number of rotatable bonds is 6. The number of hydrogen-bond donors (Lipinski definition) is 6. The van der Waals surface area contributed by atoms with Gasteiger partial charge in [-0.05, 0) is 33.6 Å². The molecule has 3 saturated heterocycles. The molecule has 32 heavy (non-hydrogen) atoms. The Morgan fingerprint density at radius 1 is 0.938 bits per heavy atom. The third-order valence-corrected chi connectivity index (χ3v) is 6.45. The monoisotopic (exact) mass is 464 g/mol. The molecule has 0 aromatic carbocycles. The van der Waals surface area contributed by atoms with Gasteiger partial charge in [-0.3, -0.25) is 0 Å². The maximum absolute atomic E-state index is 10.4. The molecule has 11 heteroatoms. The van der Waals surface area contributed by atoms with Gasteiger partial charge in [0.05, 0.1) is 30.5 Å². The topological polar surface area (TPSA) is 168 Å². The largest absolute Gasteiger partial charge is 0.388 e. The highest BCUT2D eigenvalue weighted by molar-refractivity contribution is 5.02. The van der Waals surface area contributed by atoms with Crippen LogP contribution in [0, 0.1) is 0 Å². The molecule has 0 radical (unpaired) electrons. The smallest absolute Gasteiger partial charge is 0.187 e. The SMILES string of the molecule is C=CC1(C)CCC(O[C@@H]2O[C@H](CO[C@@H]3OC[C@@H](O)[C@H](O)[C@H]3O)[C@@H](O)[C@H](O)[C@H]2O)C(C)(C)O1. The first-order valence-electron chi connectivity index (χ1n) is 10.8. The van der Waals surface area contributed by atoms with Crippen LogP contribution >= 0.6 is 0 Å². The molecule has 3 aliphatic rings. The lowest BCUT2D eigenvalue weighted by Gasteiger charge is -2.49. The third kappa shape index (κ3) is 5.34. The average Bonchev–Trinajstić information content (AvgIpc) is 2.74. The van der Waals surface area contributed by atoms with Crippen molar-refractivity contribution in [2.75, 3.05) is 13.2 Å². The van der Waals surface area contributed by atoms with Gasteiger partial charge in [-0.15, -0.1) is 6.58 Å². The number of hydrogen-bond acceptors (Lipinski definition) is 11. The fraction of sp³-hybridized carbons (Fsp3) is 0.905. The second-order valence-corrected chi connectivity index (χ2v) is 9.48. The molecule has 11 nitrogen and oxygen atoms in total. The minimum absolute atomic E-state index is 0.246. The quantitative estimate of drug-likeness (QED) is 0.245. The number of aliphatic hydroxyl groups excluding tert-OH is 6. The van der Waals surface area contributed by atoms with Crippen molar-refractivity contribution in [3.8, 4) is 0 Å². The molecule has 0 aromatic heterocycles. The Balaban J connectivity index is 1.62. The fourth-order valence-electron chi connectivity index (χ4n) is 4.30. The van der Waals surface area contributed by atoms with Gasteiger partial charge in [-0.25, -0.2) is 0 Å². The lowest BCUT2D eigenvalue weighted by Crippen LogP contribution is -2.62. The van der Waals surface area contributed by atoms with E-state index in [0.717, 1.165) is 0 Å². The number of ether oxygens (including phenoxy) is 5. The first-order chi connectivity index (χ1) is 14.9. The van der Waals surface area contributed by atoms with Crippen LogP contribution in [-0.4, -0.2) is 116 Å². The second kappa shape index (κ2) is 9.88. The molecule has 3 heterocycles. The van der Waals surface area contributed by atoms with E-state index in [9.17, 15) is 30.6 Å². The zero-order chi connectivity index (χ0) is 23.8. The second-order valence-electron chi connectivity index (χ2n) is 9.48. The minimum Gasteiger partial charge on any atom is -0.388 e. The summed E-state index contributed by atoms with van der Waals surface area (Å²) in [5.74, 6) is 0. The average molecular weight is 465 g/mol. The van der Waals surface area contributed by atoms with Crippen LogP contribution in [0.1, 0.15) is 33.6 Å². The van der Waals surface area contributed by atoms with Gasteiger partial charge in [0.25, 0.3) is 0 Å². The molecule has 2 unspecified atom stereocenters. The lowest BCUT2D eigenvalue weighted by atomic mass is 9.85. The molecule has 0 spiro atoms. The molecular formula is C21H36O11. The van der Waals surface area contributed by atoms with Crippen LogP contribution < -0.4 is 0 Å². The first-order valence-corrected chi connectivity index (χ1v) is 10.8. The van der Waals surface area contributed by atoms with Gasteiger partial charge in [0.2, 0.25) is 0 Å². The van der Waals surface area contributed by atoms with Crippen molar-refractivity contribution in [3.63, 3.8) is 0 Å². The van der Waals surface area contributed by atoms with E-state index >= 15 is 0 Å². The molecule has 0 bridgehead atoms.